The van der Waals surface area contributed by atoms with Crippen LogP contribution in [0, 0.1) is 0 Å². The number of likely N-dealkylation sites (N-methyl/N-ethyl adjacent to an activating group) is 1. The summed E-state index contributed by atoms with van der Waals surface area (Å²) in [4.78, 5) is 11.2. The molecular formula is C14H19NO4. The molecule has 0 saturated heterocycles. The van der Waals surface area contributed by atoms with Gasteiger partial charge < -0.3 is 19.5 Å². The molecule has 1 aliphatic rings. The highest BCUT2D eigenvalue weighted by molar-refractivity contribution is 5.71. The maximum Gasteiger partial charge on any atom is 0.319 e. The first-order valence-corrected chi connectivity index (χ1v) is 6.48. The number of ether oxygens (including phenoxy) is 3. The molecule has 1 aliphatic heterocycles. The van der Waals surface area contributed by atoms with Gasteiger partial charge in [0.25, 0.3) is 0 Å². The van der Waals surface area contributed by atoms with Crippen molar-refractivity contribution >= 4 is 5.97 Å². The number of hydrogen-bond acceptors (Lipinski definition) is 5. The van der Waals surface area contributed by atoms with Crippen molar-refractivity contribution in [3.8, 4) is 11.5 Å². The monoisotopic (exact) mass is 265 g/mol. The molecule has 0 saturated carbocycles. The number of esters is 1. The fourth-order valence-corrected chi connectivity index (χ4v) is 1.84. The van der Waals surface area contributed by atoms with Crippen LogP contribution >= 0.6 is 0 Å². The molecule has 0 bridgehead atoms. The molecule has 0 spiro atoms. The van der Waals surface area contributed by atoms with Gasteiger partial charge in [0.15, 0.2) is 11.5 Å². The van der Waals surface area contributed by atoms with Crippen LogP contribution in [-0.2, 0) is 16.0 Å². The Morgan fingerprint density at radius 2 is 2.11 bits per heavy atom. The number of hydrogen-bond donors (Lipinski definition) is 1. The van der Waals surface area contributed by atoms with E-state index in [1.165, 1.54) is 0 Å². The predicted molar refractivity (Wildman–Crippen MR) is 70.6 cm³/mol. The maximum atomic E-state index is 11.2. The molecule has 19 heavy (non-hydrogen) atoms. The number of nitrogens with one attached hydrogen (secondary N) is 1. The van der Waals surface area contributed by atoms with Crippen LogP contribution < -0.4 is 14.8 Å². The SMILES string of the molecule is CNCC(=O)OCCc1ccc2c(c1)OCCCO2. The van der Waals surface area contributed by atoms with Gasteiger partial charge in [0, 0.05) is 12.8 Å². The van der Waals surface area contributed by atoms with E-state index < -0.39 is 0 Å². The molecule has 0 unspecified atom stereocenters. The molecule has 1 aromatic rings. The Hall–Kier alpha value is -1.75. The normalized spacial score (nSPS) is 13.7. The summed E-state index contributed by atoms with van der Waals surface area (Å²) in [6.45, 7) is 1.98. The van der Waals surface area contributed by atoms with Gasteiger partial charge in [-0.15, -0.1) is 0 Å². The Labute approximate surface area is 112 Å². The third-order valence-electron chi connectivity index (χ3n) is 2.79. The summed E-state index contributed by atoms with van der Waals surface area (Å²) in [5, 5.41) is 2.75. The lowest BCUT2D eigenvalue weighted by Crippen LogP contribution is -2.21. The lowest BCUT2D eigenvalue weighted by Gasteiger charge is -2.09. The van der Waals surface area contributed by atoms with Crippen LogP contribution in [0.1, 0.15) is 12.0 Å². The predicted octanol–water partition coefficient (Wildman–Crippen LogP) is 1.15. The van der Waals surface area contributed by atoms with Crippen LogP contribution in [0.3, 0.4) is 0 Å². The largest absolute Gasteiger partial charge is 0.490 e. The summed E-state index contributed by atoms with van der Waals surface area (Å²) < 4.78 is 16.3. The van der Waals surface area contributed by atoms with Crippen LogP contribution in [0.25, 0.3) is 0 Å². The van der Waals surface area contributed by atoms with E-state index in [-0.39, 0.29) is 12.5 Å². The minimum Gasteiger partial charge on any atom is -0.490 e. The zero-order chi connectivity index (χ0) is 13.5. The van der Waals surface area contributed by atoms with E-state index in [0.717, 1.165) is 23.5 Å². The second-order valence-electron chi connectivity index (χ2n) is 4.33. The Morgan fingerprint density at radius 1 is 1.32 bits per heavy atom. The van der Waals surface area contributed by atoms with Crippen molar-refractivity contribution < 1.29 is 19.0 Å². The first-order valence-electron chi connectivity index (χ1n) is 6.48. The van der Waals surface area contributed by atoms with Gasteiger partial charge >= 0.3 is 5.97 Å². The van der Waals surface area contributed by atoms with Gasteiger partial charge in [-0.05, 0) is 24.7 Å². The highest BCUT2D eigenvalue weighted by atomic mass is 16.5. The lowest BCUT2D eigenvalue weighted by molar-refractivity contribution is -0.142. The molecule has 1 heterocycles. The van der Waals surface area contributed by atoms with E-state index in [0.29, 0.717) is 26.2 Å². The average molecular weight is 265 g/mol. The number of benzene rings is 1. The molecule has 2 rings (SSSR count). The standard InChI is InChI=1S/C14H19NO4/c1-15-10-14(16)19-8-5-11-3-4-12-13(9-11)18-7-2-6-17-12/h3-4,9,15H,2,5-8,10H2,1H3. The van der Waals surface area contributed by atoms with Crippen molar-refractivity contribution in [3.05, 3.63) is 23.8 Å². The molecule has 1 aromatic carbocycles. The van der Waals surface area contributed by atoms with Gasteiger partial charge in [0.05, 0.1) is 26.4 Å². The van der Waals surface area contributed by atoms with Crippen molar-refractivity contribution in [2.45, 2.75) is 12.8 Å². The first-order chi connectivity index (χ1) is 9.29. The minimum absolute atomic E-state index is 0.237. The Balaban J connectivity index is 1.87. The Kier molecular flexibility index (Phi) is 5.03. The molecular weight excluding hydrogens is 246 g/mol. The fourth-order valence-electron chi connectivity index (χ4n) is 1.84. The highest BCUT2D eigenvalue weighted by Gasteiger charge is 2.10. The second-order valence-corrected chi connectivity index (χ2v) is 4.33. The van der Waals surface area contributed by atoms with E-state index in [1.807, 2.05) is 18.2 Å². The van der Waals surface area contributed by atoms with E-state index in [1.54, 1.807) is 7.05 Å². The number of carbonyl (C=O) groups is 1. The van der Waals surface area contributed by atoms with Crippen LogP contribution in [0.2, 0.25) is 0 Å². The molecule has 0 radical (unpaired) electrons. The zero-order valence-electron chi connectivity index (χ0n) is 11.1. The van der Waals surface area contributed by atoms with Crippen molar-refractivity contribution in [3.63, 3.8) is 0 Å². The molecule has 1 N–H and O–H groups in total. The van der Waals surface area contributed by atoms with Crippen LogP contribution in [0.15, 0.2) is 18.2 Å². The third kappa shape index (κ3) is 4.13. The average Bonchev–Trinajstić information content (AvgIpc) is 2.63. The first kappa shape index (κ1) is 13.7. The number of carbonyl (C=O) groups excluding carboxylic acids is 1. The van der Waals surface area contributed by atoms with Crippen molar-refractivity contribution in [2.75, 3.05) is 33.4 Å². The quantitative estimate of drug-likeness (QED) is 0.809. The van der Waals surface area contributed by atoms with Gasteiger partial charge in [-0.2, -0.15) is 0 Å². The number of rotatable bonds is 5. The molecule has 0 atom stereocenters. The summed E-state index contributed by atoms with van der Waals surface area (Å²) >= 11 is 0. The van der Waals surface area contributed by atoms with Gasteiger partial charge in [0.1, 0.15) is 0 Å². The van der Waals surface area contributed by atoms with Gasteiger partial charge in [0.2, 0.25) is 0 Å². The third-order valence-corrected chi connectivity index (χ3v) is 2.79. The van der Waals surface area contributed by atoms with Crippen molar-refractivity contribution in [1.29, 1.82) is 0 Å². The molecule has 0 amide bonds. The zero-order valence-corrected chi connectivity index (χ0v) is 11.1. The van der Waals surface area contributed by atoms with Gasteiger partial charge in [-0.1, -0.05) is 6.07 Å². The van der Waals surface area contributed by atoms with Gasteiger partial charge in [-0.25, -0.2) is 0 Å². The van der Waals surface area contributed by atoms with Gasteiger partial charge in [-0.3, -0.25) is 4.79 Å². The van der Waals surface area contributed by atoms with Crippen LogP contribution in [0.5, 0.6) is 11.5 Å². The smallest absolute Gasteiger partial charge is 0.319 e. The molecule has 0 aliphatic carbocycles. The Morgan fingerprint density at radius 3 is 2.89 bits per heavy atom. The number of fused-ring (bicyclic) bond motifs is 1. The van der Waals surface area contributed by atoms with E-state index >= 15 is 0 Å². The molecule has 5 heteroatoms. The fraction of sp³-hybridized carbons (Fsp3) is 0.500. The summed E-state index contributed by atoms with van der Waals surface area (Å²) in [5.41, 5.74) is 1.07. The highest BCUT2D eigenvalue weighted by Crippen LogP contribution is 2.30. The molecule has 5 nitrogen and oxygen atoms in total. The van der Waals surface area contributed by atoms with E-state index in [9.17, 15) is 4.79 Å². The van der Waals surface area contributed by atoms with E-state index in [2.05, 4.69) is 5.32 Å². The minimum atomic E-state index is -0.239. The summed E-state index contributed by atoms with van der Waals surface area (Å²) in [6.07, 6.45) is 1.57. The van der Waals surface area contributed by atoms with Crippen LogP contribution in [0.4, 0.5) is 0 Å². The molecule has 0 aromatic heterocycles. The van der Waals surface area contributed by atoms with Crippen LogP contribution in [-0.4, -0.2) is 39.4 Å². The van der Waals surface area contributed by atoms with Crippen molar-refractivity contribution in [1.82, 2.24) is 5.32 Å². The summed E-state index contributed by atoms with van der Waals surface area (Å²) in [7, 11) is 1.71. The lowest BCUT2D eigenvalue weighted by atomic mass is 10.1. The molecule has 104 valence electrons. The second kappa shape index (κ2) is 6.99. The van der Waals surface area contributed by atoms with Crippen molar-refractivity contribution in [2.24, 2.45) is 0 Å². The Bertz CT molecular complexity index is 433. The summed E-state index contributed by atoms with van der Waals surface area (Å²) in [5.74, 6) is 1.32. The maximum absolute atomic E-state index is 11.2. The summed E-state index contributed by atoms with van der Waals surface area (Å²) in [6, 6.07) is 5.83. The van der Waals surface area contributed by atoms with E-state index in [4.69, 9.17) is 14.2 Å². The topological polar surface area (TPSA) is 56.8 Å². The molecule has 0 fully saturated rings.